The summed E-state index contributed by atoms with van der Waals surface area (Å²) in [5.74, 6) is -0.277. The molecule has 0 spiro atoms. The van der Waals surface area contributed by atoms with Crippen LogP contribution in [-0.2, 0) is 4.79 Å². The SMILES string of the molecule is C=CCNC(=O)c1ccc(=O)n([C@@H]2C[C@@H](C(=O)N(C)C)N(C)[C@H]2c2ccccc2)c1. The zero-order valence-corrected chi connectivity index (χ0v) is 17.6. The molecule has 0 unspecified atom stereocenters. The van der Waals surface area contributed by atoms with E-state index in [2.05, 4.69) is 11.9 Å². The first-order valence-corrected chi connectivity index (χ1v) is 9.94. The van der Waals surface area contributed by atoms with Crippen molar-refractivity contribution in [2.45, 2.75) is 24.5 Å². The van der Waals surface area contributed by atoms with Crippen molar-refractivity contribution in [3.63, 3.8) is 0 Å². The lowest BCUT2D eigenvalue weighted by Crippen LogP contribution is -2.41. The Balaban J connectivity index is 2.05. The maximum absolute atomic E-state index is 12.8. The summed E-state index contributed by atoms with van der Waals surface area (Å²) in [4.78, 5) is 41.6. The lowest BCUT2D eigenvalue weighted by molar-refractivity contribution is -0.133. The summed E-state index contributed by atoms with van der Waals surface area (Å²) >= 11 is 0. The van der Waals surface area contributed by atoms with Crippen LogP contribution in [0.15, 0.2) is 66.1 Å². The van der Waals surface area contributed by atoms with Crippen molar-refractivity contribution in [1.29, 1.82) is 0 Å². The minimum Gasteiger partial charge on any atom is -0.349 e. The zero-order valence-electron chi connectivity index (χ0n) is 17.6. The van der Waals surface area contributed by atoms with Gasteiger partial charge in [0.1, 0.15) is 0 Å². The van der Waals surface area contributed by atoms with Crippen molar-refractivity contribution in [2.24, 2.45) is 0 Å². The van der Waals surface area contributed by atoms with Gasteiger partial charge in [-0.2, -0.15) is 0 Å². The van der Waals surface area contributed by atoms with Crippen LogP contribution < -0.4 is 10.9 Å². The van der Waals surface area contributed by atoms with Crippen molar-refractivity contribution >= 4 is 11.8 Å². The van der Waals surface area contributed by atoms with E-state index in [0.717, 1.165) is 5.56 Å². The Morgan fingerprint density at radius 3 is 2.53 bits per heavy atom. The molecule has 0 saturated carbocycles. The minimum atomic E-state index is -0.361. The average Bonchev–Trinajstić information content (AvgIpc) is 3.09. The molecule has 3 atom stereocenters. The van der Waals surface area contributed by atoms with Gasteiger partial charge >= 0.3 is 0 Å². The van der Waals surface area contributed by atoms with Gasteiger partial charge in [-0.1, -0.05) is 36.4 Å². The molecule has 0 aliphatic carbocycles. The van der Waals surface area contributed by atoms with Crippen LogP contribution in [0.1, 0.15) is 34.4 Å². The number of rotatable bonds is 6. The summed E-state index contributed by atoms with van der Waals surface area (Å²) in [5.41, 5.74) is 1.22. The molecule has 2 aromatic rings. The highest BCUT2D eigenvalue weighted by atomic mass is 16.2. The molecule has 1 aromatic heterocycles. The molecule has 1 aliphatic rings. The first kappa shape index (κ1) is 21.5. The number of pyridine rings is 1. The highest BCUT2D eigenvalue weighted by Crippen LogP contribution is 2.42. The van der Waals surface area contributed by atoms with Gasteiger partial charge in [0.2, 0.25) is 5.91 Å². The molecule has 1 saturated heterocycles. The van der Waals surface area contributed by atoms with Crippen LogP contribution >= 0.6 is 0 Å². The Morgan fingerprint density at radius 1 is 1.20 bits per heavy atom. The van der Waals surface area contributed by atoms with Gasteiger partial charge in [0.25, 0.3) is 11.5 Å². The molecular weight excluding hydrogens is 380 g/mol. The average molecular weight is 409 g/mol. The summed E-state index contributed by atoms with van der Waals surface area (Å²) in [5, 5.41) is 2.74. The molecule has 2 amide bonds. The van der Waals surface area contributed by atoms with E-state index in [1.54, 1.807) is 35.8 Å². The molecule has 0 radical (unpaired) electrons. The molecule has 7 heteroatoms. The van der Waals surface area contributed by atoms with Gasteiger partial charge in [-0.3, -0.25) is 19.3 Å². The summed E-state index contributed by atoms with van der Waals surface area (Å²) in [6.07, 6.45) is 3.67. The van der Waals surface area contributed by atoms with Crippen LogP contribution in [0.4, 0.5) is 0 Å². The normalized spacial score (nSPS) is 21.2. The number of likely N-dealkylation sites (tertiary alicyclic amines) is 1. The van der Waals surface area contributed by atoms with Crippen LogP contribution in [0.3, 0.4) is 0 Å². The Bertz CT molecular complexity index is 983. The first-order valence-electron chi connectivity index (χ1n) is 9.94. The number of nitrogens with zero attached hydrogens (tertiary/aromatic N) is 3. The predicted molar refractivity (Wildman–Crippen MR) is 116 cm³/mol. The molecule has 158 valence electrons. The van der Waals surface area contributed by atoms with E-state index in [1.165, 1.54) is 12.1 Å². The quantitative estimate of drug-likeness (QED) is 0.740. The highest BCUT2D eigenvalue weighted by Gasteiger charge is 2.44. The summed E-state index contributed by atoms with van der Waals surface area (Å²) in [7, 11) is 5.38. The molecule has 3 rings (SSSR count). The number of likely N-dealkylation sites (N-methyl/N-ethyl adjacent to an activating group) is 2. The summed E-state index contributed by atoms with van der Waals surface area (Å²) in [6, 6.07) is 11.9. The topological polar surface area (TPSA) is 74.6 Å². The number of hydrogen-bond donors (Lipinski definition) is 1. The van der Waals surface area contributed by atoms with Crippen molar-refractivity contribution in [3.8, 4) is 0 Å². The van der Waals surface area contributed by atoms with Crippen molar-refractivity contribution in [3.05, 3.63) is 82.8 Å². The van der Waals surface area contributed by atoms with E-state index in [-0.39, 0.29) is 35.5 Å². The first-order chi connectivity index (χ1) is 14.3. The molecule has 1 N–H and O–H groups in total. The van der Waals surface area contributed by atoms with E-state index in [1.807, 2.05) is 42.3 Å². The molecule has 0 bridgehead atoms. The van der Waals surface area contributed by atoms with Gasteiger partial charge in [0, 0.05) is 32.9 Å². The van der Waals surface area contributed by atoms with Crippen LogP contribution in [0, 0.1) is 0 Å². The van der Waals surface area contributed by atoms with Crippen LogP contribution in [0.25, 0.3) is 0 Å². The maximum Gasteiger partial charge on any atom is 0.253 e. The van der Waals surface area contributed by atoms with Gasteiger partial charge < -0.3 is 14.8 Å². The van der Waals surface area contributed by atoms with E-state index < -0.39 is 0 Å². The molecule has 7 nitrogen and oxygen atoms in total. The Hall–Kier alpha value is -3.19. The van der Waals surface area contributed by atoms with E-state index >= 15 is 0 Å². The second-order valence-corrected chi connectivity index (χ2v) is 7.73. The second kappa shape index (κ2) is 9.09. The van der Waals surface area contributed by atoms with Crippen LogP contribution in [0.2, 0.25) is 0 Å². The fraction of sp³-hybridized carbons (Fsp3) is 0.348. The molecule has 1 fully saturated rings. The van der Waals surface area contributed by atoms with E-state index in [0.29, 0.717) is 18.5 Å². The summed E-state index contributed by atoms with van der Waals surface area (Å²) < 4.78 is 1.60. The molecule has 1 aliphatic heterocycles. The Morgan fingerprint density at radius 2 is 1.90 bits per heavy atom. The van der Waals surface area contributed by atoms with E-state index in [4.69, 9.17) is 0 Å². The number of hydrogen-bond acceptors (Lipinski definition) is 4. The van der Waals surface area contributed by atoms with Crippen molar-refractivity contribution in [1.82, 2.24) is 19.7 Å². The van der Waals surface area contributed by atoms with Gasteiger partial charge in [-0.25, -0.2) is 0 Å². The summed E-state index contributed by atoms with van der Waals surface area (Å²) in [6.45, 7) is 3.94. The molecular formula is C23H28N4O3. The fourth-order valence-corrected chi connectivity index (χ4v) is 4.10. The third-order valence-corrected chi connectivity index (χ3v) is 5.59. The third kappa shape index (κ3) is 4.21. The minimum absolute atomic E-state index is 0.00568. The van der Waals surface area contributed by atoms with Gasteiger partial charge in [0.15, 0.2) is 0 Å². The Kier molecular flexibility index (Phi) is 6.52. The maximum atomic E-state index is 12.8. The number of nitrogens with one attached hydrogen (secondary N) is 1. The lowest BCUT2D eigenvalue weighted by Gasteiger charge is -2.29. The van der Waals surface area contributed by atoms with Crippen molar-refractivity contribution < 1.29 is 9.59 Å². The smallest absolute Gasteiger partial charge is 0.253 e. The standard InChI is InChI=1S/C23H28N4O3/c1-5-13-24-22(29)17-11-12-20(28)27(15-17)18-14-19(23(30)25(2)3)26(4)21(18)16-9-7-6-8-10-16/h5-12,15,18-19,21H,1,13-14H2,2-4H3,(H,24,29)/t18-,19+,21+/m1/s1. The fourth-order valence-electron chi connectivity index (χ4n) is 4.10. The largest absolute Gasteiger partial charge is 0.349 e. The second-order valence-electron chi connectivity index (χ2n) is 7.73. The van der Waals surface area contributed by atoms with Crippen LogP contribution in [0.5, 0.6) is 0 Å². The highest BCUT2D eigenvalue weighted by molar-refractivity contribution is 5.93. The predicted octanol–water partition coefficient (Wildman–Crippen LogP) is 1.84. The lowest BCUT2D eigenvalue weighted by atomic mass is 9.99. The third-order valence-electron chi connectivity index (χ3n) is 5.59. The molecule has 2 heterocycles. The monoisotopic (exact) mass is 408 g/mol. The van der Waals surface area contributed by atoms with Gasteiger partial charge in [0.05, 0.1) is 23.7 Å². The zero-order chi connectivity index (χ0) is 21.8. The Labute approximate surface area is 176 Å². The molecule has 1 aromatic carbocycles. The van der Waals surface area contributed by atoms with Gasteiger partial charge in [-0.05, 0) is 25.1 Å². The van der Waals surface area contributed by atoms with Crippen LogP contribution in [-0.4, -0.2) is 59.9 Å². The van der Waals surface area contributed by atoms with E-state index in [9.17, 15) is 14.4 Å². The number of benzene rings is 1. The van der Waals surface area contributed by atoms with Gasteiger partial charge in [-0.15, -0.1) is 6.58 Å². The van der Waals surface area contributed by atoms with Crippen molar-refractivity contribution in [2.75, 3.05) is 27.7 Å². The number of carbonyl (C=O) groups is 2. The number of aromatic nitrogens is 1. The number of carbonyl (C=O) groups excluding carboxylic acids is 2. The molecule has 30 heavy (non-hydrogen) atoms. The number of amides is 2.